The average molecular weight is 409 g/mol. The number of anilines is 1. The fourth-order valence-corrected chi connectivity index (χ4v) is 4.56. The summed E-state index contributed by atoms with van der Waals surface area (Å²) < 4.78 is 7.78. The Labute approximate surface area is 175 Å². The van der Waals surface area contributed by atoms with Crippen LogP contribution in [0.5, 0.6) is 0 Å². The van der Waals surface area contributed by atoms with Crippen LogP contribution in [-0.2, 0) is 11.2 Å². The first-order valence-corrected chi connectivity index (χ1v) is 10.7. The van der Waals surface area contributed by atoms with E-state index in [1.165, 1.54) is 24.7 Å². The fourth-order valence-electron chi connectivity index (χ4n) is 4.56. The van der Waals surface area contributed by atoms with E-state index in [1.807, 2.05) is 18.2 Å². The number of aromatic nitrogens is 4. The van der Waals surface area contributed by atoms with Crippen LogP contribution in [0, 0.1) is 0 Å². The van der Waals surface area contributed by atoms with Gasteiger partial charge < -0.3 is 20.3 Å². The lowest BCUT2D eigenvalue weighted by atomic mass is 10.0. The summed E-state index contributed by atoms with van der Waals surface area (Å²) in [6.45, 7) is 0. The highest BCUT2D eigenvalue weighted by Crippen LogP contribution is 2.34. The molecule has 30 heavy (non-hydrogen) atoms. The molecule has 2 fully saturated rings. The van der Waals surface area contributed by atoms with Gasteiger partial charge in [0.2, 0.25) is 0 Å². The van der Waals surface area contributed by atoms with Crippen LogP contribution in [0.2, 0.25) is 0 Å². The van der Waals surface area contributed by atoms with E-state index < -0.39 is 24.5 Å². The molecule has 0 amide bonds. The Hall–Kier alpha value is -2.55. The monoisotopic (exact) mass is 409 g/mol. The van der Waals surface area contributed by atoms with Crippen molar-refractivity contribution in [2.24, 2.45) is 0 Å². The molecule has 1 aliphatic carbocycles. The first-order valence-electron chi connectivity index (χ1n) is 10.7. The predicted molar refractivity (Wildman–Crippen MR) is 112 cm³/mol. The minimum absolute atomic E-state index is 0.408. The Bertz CT molecular complexity index is 989. The lowest BCUT2D eigenvalue weighted by Gasteiger charge is -2.17. The molecular weight excluding hydrogens is 382 g/mol. The van der Waals surface area contributed by atoms with Gasteiger partial charge >= 0.3 is 0 Å². The van der Waals surface area contributed by atoms with Gasteiger partial charge in [-0.05, 0) is 31.2 Å². The van der Waals surface area contributed by atoms with Gasteiger partial charge in [0.1, 0.15) is 18.5 Å². The van der Waals surface area contributed by atoms with Crippen LogP contribution in [0.4, 0.5) is 5.82 Å². The zero-order chi connectivity index (χ0) is 20.5. The first kappa shape index (κ1) is 19.4. The van der Waals surface area contributed by atoms with Crippen molar-refractivity contribution in [3.05, 3.63) is 48.5 Å². The number of benzene rings is 1. The highest BCUT2D eigenvalue weighted by molar-refractivity contribution is 5.82. The Balaban J connectivity index is 1.34. The molecule has 1 saturated carbocycles. The number of fused-ring (bicyclic) bond motifs is 1. The molecule has 5 rings (SSSR count). The largest absolute Gasteiger partial charge is 0.388 e. The smallest absolute Gasteiger partial charge is 0.167 e. The quantitative estimate of drug-likeness (QED) is 0.574. The van der Waals surface area contributed by atoms with E-state index in [2.05, 4.69) is 32.4 Å². The number of nitrogens with one attached hydrogen (secondary N) is 1. The predicted octanol–water partition coefficient (Wildman–Crippen LogP) is 2.43. The summed E-state index contributed by atoms with van der Waals surface area (Å²) in [6.07, 6.45) is 6.01. The Morgan fingerprint density at radius 3 is 2.63 bits per heavy atom. The summed E-state index contributed by atoms with van der Waals surface area (Å²) in [5.74, 6) is 0.708. The number of ether oxygens (including phenoxy) is 1. The molecule has 8 nitrogen and oxygen atoms in total. The van der Waals surface area contributed by atoms with Crippen molar-refractivity contribution in [1.29, 1.82) is 0 Å². The second kappa shape index (κ2) is 8.29. The van der Waals surface area contributed by atoms with Crippen molar-refractivity contribution in [2.45, 2.75) is 69.1 Å². The molecule has 3 heterocycles. The van der Waals surface area contributed by atoms with Crippen molar-refractivity contribution in [3.63, 3.8) is 0 Å². The van der Waals surface area contributed by atoms with Gasteiger partial charge in [-0.1, -0.05) is 43.2 Å². The van der Waals surface area contributed by atoms with Crippen LogP contribution < -0.4 is 5.32 Å². The number of hydrogen-bond acceptors (Lipinski definition) is 7. The number of aliphatic hydroxyl groups excluding tert-OH is 2. The maximum Gasteiger partial charge on any atom is 0.167 e. The van der Waals surface area contributed by atoms with E-state index >= 15 is 0 Å². The van der Waals surface area contributed by atoms with Crippen molar-refractivity contribution in [3.8, 4) is 0 Å². The number of aryl methyl sites for hydroxylation is 1. The van der Waals surface area contributed by atoms with Crippen LogP contribution in [0.3, 0.4) is 0 Å². The van der Waals surface area contributed by atoms with Crippen LogP contribution in [0.25, 0.3) is 11.2 Å². The molecule has 1 aromatic carbocycles. The molecule has 2 aliphatic rings. The van der Waals surface area contributed by atoms with Crippen molar-refractivity contribution in [2.75, 3.05) is 5.32 Å². The van der Waals surface area contributed by atoms with E-state index in [9.17, 15) is 10.2 Å². The summed E-state index contributed by atoms with van der Waals surface area (Å²) in [4.78, 5) is 13.2. The Morgan fingerprint density at radius 1 is 1.03 bits per heavy atom. The summed E-state index contributed by atoms with van der Waals surface area (Å²) in [5, 5.41) is 24.7. The Kier molecular flexibility index (Phi) is 5.37. The van der Waals surface area contributed by atoms with Gasteiger partial charge in [-0.15, -0.1) is 0 Å². The van der Waals surface area contributed by atoms with Crippen molar-refractivity contribution < 1.29 is 14.9 Å². The molecule has 1 aliphatic heterocycles. The molecule has 3 N–H and O–H groups in total. The van der Waals surface area contributed by atoms with Gasteiger partial charge in [0.25, 0.3) is 0 Å². The van der Waals surface area contributed by atoms with Gasteiger partial charge in [-0.25, -0.2) is 15.0 Å². The topological polar surface area (TPSA) is 105 Å². The van der Waals surface area contributed by atoms with Gasteiger partial charge in [-0.2, -0.15) is 0 Å². The number of rotatable bonds is 6. The van der Waals surface area contributed by atoms with E-state index in [0.717, 1.165) is 19.3 Å². The van der Waals surface area contributed by atoms with Gasteiger partial charge in [0.05, 0.1) is 12.4 Å². The standard InChI is InChI=1S/C22H27N5O3/c28-18-16(11-10-14-6-2-1-3-7-14)30-22(19(18)29)27-13-25-17-20(23-12-24-21(17)27)26-15-8-4-5-9-15/h1-3,6-7,12-13,15-16,18-19,22,28-29H,4-5,8-11H2,(H,23,24,26)/t16-,18-,19-,22-/m1/s1. The van der Waals surface area contributed by atoms with Crippen LogP contribution in [0.15, 0.2) is 43.0 Å². The van der Waals surface area contributed by atoms with E-state index in [0.29, 0.717) is 29.4 Å². The second-order valence-electron chi connectivity index (χ2n) is 8.24. The van der Waals surface area contributed by atoms with Crippen LogP contribution in [-0.4, -0.2) is 54.1 Å². The third-order valence-corrected chi connectivity index (χ3v) is 6.23. The third-order valence-electron chi connectivity index (χ3n) is 6.23. The summed E-state index contributed by atoms with van der Waals surface area (Å²) in [7, 11) is 0. The maximum absolute atomic E-state index is 10.7. The second-order valence-corrected chi connectivity index (χ2v) is 8.24. The zero-order valence-corrected chi connectivity index (χ0v) is 16.8. The number of hydrogen-bond donors (Lipinski definition) is 3. The summed E-state index contributed by atoms with van der Waals surface area (Å²) >= 11 is 0. The highest BCUT2D eigenvalue weighted by atomic mass is 16.6. The van der Waals surface area contributed by atoms with E-state index in [-0.39, 0.29) is 0 Å². The lowest BCUT2D eigenvalue weighted by molar-refractivity contribution is -0.0367. The molecule has 8 heteroatoms. The molecule has 158 valence electrons. The zero-order valence-electron chi connectivity index (χ0n) is 16.8. The molecule has 1 saturated heterocycles. The molecule has 0 radical (unpaired) electrons. The molecule has 2 aromatic heterocycles. The summed E-state index contributed by atoms with van der Waals surface area (Å²) in [5.41, 5.74) is 2.42. The lowest BCUT2D eigenvalue weighted by Crippen LogP contribution is -2.31. The van der Waals surface area contributed by atoms with Gasteiger partial charge in [0.15, 0.2) is 23.2 Å². The molecule has 0 bridgehead atoms. The number of aliphatic hydroxyl groups is 2. The SMILES string of the molecule is O[C@@H]1[C@H](O)[C@@H](CCc2ccccc2)O[C@H]1n1cnc2c(NC3CCCC3)ncnc21. The number of imidazole rings is 1. The highest BCUT2D eigenvalue weighted by Gasteiger charge is 2.44. The molecular formula is C22H27N5O3. The maximum atomic E-state index is 10.7. The van der Waals surface area contributed by atoms with Crippen LogP contribution >= 0.6 is 0 Å². The molecule has 0 unspecified atom stereocenters. The average Bonchev–Trinajstić information content (AvgIpc) is 3.49. The van der Waals surface area contributed by atoms with E-state index in [4.69, 9.17) is 4.74 Å². The minimum Gasteiger partial charge on any atom is -0.388 e. The van der Waals surface area contributed by atoms with E-state index in [1.54, 1.807) is 10.9 Å². The third kappa shape index (κ3) is 3.66. The minimum atomic E-state index is -1.05. The Morgan fingerprint density at radius 2 is 1.83 bits per heavy atom. The van der Waals surface area contributed by atoms with Gasteiger partial charge in [0, 0.05) is 6.04 Å². The van der Waals surface area contributed by atoms with Crippen molar-refractivity contribution >= 4 is 17.0 Å². The fraction of sp³-hybridized carbons (Fsp3) is 0.500. The number of nitrogens with zero attached hydrogens (tertiary/aromatic N) is 4. The van der Waals surface area contributed by atoms with Gasteiger partial charge in [-0.3, -0.25) is 4.57 Å². The first-order chi connectivity index (χ1) is 14.7. The van der Waals surface area contributed by atoms with Crippen molar-refractivity contribution in [1.82, 2.24) is 19.5 Å². The molecule has 3 aromatic rings. The molecule has 0 spiro atoms. The normalized spacial score (nSPS) is 27.1. The summed E-state index contributed by atoms with van der Waals surface area (Å²) in [6, 6.07) is 10.5. The molecule has 4 atom stereocenters. The van der Waals surface area contributed by atoms with Crippen LogP contribution in [0.1, 0.15) is 43.9 Å².